The summed E-state index contributed by atoms with van der Waals surface area (Å²) in [6, 6.07) is 22.4. The molecule has 2 saturated heterocycles. The number of carbonyl (C=O) groups is 4. The van der Waals surface area contributed by atoms with Crippen LogP contribution in [-0.4, -0.2) is 29.0 Å². The lowest BCUT2D eigenvalue weighted by Crippen LogP contribution is -2.51. The standard InChI is InChI=1S/C27H19NO5/c1-15-9-5-6-12-17(15)22-20-21(26(32)28(25(20)31)16-10-3-2-4-11-16)27(33-22)23(29)18-13-7-8-14-19(18)24(27)30/h2-14,20-22H,1H3/t20-,21-,22+/m0/s1. The molecule has 0 aromatic heterocycles. The average molecular weight is 437 g/mol. The van der Waals surface area contributed by atoms with Crippen LogP contribution in [0.25, 0.3) is 0 Å². The smallest absolute Gasteiger partial charge is 0.241 e. The number of amides is 2. The van der Waals surface area contributed by atoms with Gasteiger partial charge in [-0.15, -0.1) is 0 Å². The van der Waals surface area contributed by atoms with Crippen molar-refractivity contribution in [3.8, 4) is 0 Å². The van der Waals surface area contributed by atoms with Crippen LogP contribution in [0.5, 0.6) is 0 Å². The van der Waals surface area contributed by atoms with Crippen LogP contribution < -0.4 is 4.90 Å². The van der Waals surface area contributed by atoms with E-state index in [1.807, 2.05) is 31.2 Å². The predicted molar refractivity (Wildman–Crippen MR) is 119 cm³/mol. The summed E-state index contributed by atoms with van der Waals surface area (Å²) in [6.07, 6.45) is -0.899. The quantitative estimate of drug-likeness (QED) is 0.451. The van der Waals surface area contributed by atoms with Gasteiger partial charge >= 0.3 is 0 Å². The first-order valence-electron chi connectivity index (χ1n) is 10.8. The van der Waals surface area contributed by atoms with Crippen molar-refractivity contribution >= 4 is 29.1 Å². The van der Waals surface area contributed by atoms with Crippen molar-refractivity contribution in [1.82, 2.24) is 0 Å². The molecule has 0 N–H and O–H groups in total. The first kappa shape index (κ1) is 19.8. The normalized spacial score (nSPS) is 25.1. The van der Waals surface area contributed by atoms with Gasteiger partial charge in [0.05, 0.1) is 23.6 Å². The fourth-order valence-electron chi connectivity index (χ4n) is 5.54. The van der Waals surface area contributed by atoms with Crippen LogP contribution in [0.2, 0.25) is 0 Å². The Morgan fingerprint density at radius 2 is 1.30 bits per heavy atom. The minimum absolute atomic E-state index is 0.227. The number of fused-ring (bicyclic) bond motifs is 3. The molecule has 2 fully saturated rings. The molecule has 3 aliphatic rings. The van der Waals surface area contributed by atoms with Gasteiger partial charge in [0.1, 0.15) is 0 Å². The minimum atomic E-state index is -2.04. The molecule has 1 aliphatic carbocycles. The van der Waals surface area contributed by atoms with E-state index >= 15 is 0 Å². The highest BCUT2D eigenvalue weighted by Gasteiger charge is 2.74. The van der Waals surface area contributed by atoms with E-state index in [9.17, 15) is 19.2 Å². The van der Waals surface area contributed by atoms with Crippen LogP contribution in [0.1, 0.15) is 37.9 Å². The Morgan fingerprint density at radius 1 is 0.727 bits per heavy atom. The molecule has 1 spiro atoms. The van der Waals surface area contributed by atoms with Gasteiger partial charge < -0.3 is 4.74 Å². The van der Waals surface area contributed by atoms with Gasteiger partial charge in [0, 0.05) is 11.1 Å². The molecule has 0 saturated carbocycles. The summed E-state index contributed by atoms with van der Waals surface area (Å²) in [4.78, 5) is 56.0. The second-order valence-corrected chi connectivity index (χ2v) is 8.69. The topological polar surface area (TPSA) is 80.8 Å². The highest BCUT2D eigenvalue weighted by molar-refractivity contribution is 6.37. The molecule has 3 aromatic rings. The third-order valence-electron chi connectivity index (χ3n) is 7.03. The molecule has 2 heterocycles. The maximum Gasteiger partial charge on any atom is 0.241 e. The molecule has 0 bridgehead atoms. The van der Waals surface area contributed by atoms with Crippen LogP contribution >= 0.6 is 0 Å². The Hall–Kier alpha value is -3.90. The zero-order chi connectivity index (χ0) is 22.9. The lowest BCUT2D eigenvalue weighted by Gasteiger charge is -2.27. The highest BCUT2D eigenvalue weighted by atomic mass is 16.5. The first-order chi connectivity index (χ1) is 16.0. The number of rotatable bonds is 2. The van der Waals surface area contributed by atoms with Gasteiger partial charge in [-0.25, -0.2) is 4.90 Å². The number of ether oxygens (including phenoxy) is 1. The fourth-order valence-corrected chi connectivity index (χ4v) is 5.54. The van der Waals surface area contributed by atoms with E-state index in [0.717, 1.165) is 10.5 Å². The predicted octanol–water partition coefficient (Wildman–Crippen LogP) is 3.69. The van der Waals surface area contributed by atoms with Gasteiger partial charge in [-0.2, -0.15) is 0 Å². The van der Waals surface area contributed by atoms with Crippen LogP contribution in [0.3, 0.4) is 0 Å². The van der Waals surface area contributed by atoms with E-state index in [1.165, 1.54) is 0 Å². The molecule has 6 heteroatoms. The Balaban J connectivity index is 1.57. The molecule has 0 radical (unpaired) electrons. The third-order valence-corrected chi connectivity index (χ3v) is 7.03. The molecule has 3 atom stereocenters. The number of carbonyl (C=O) groups excluding carboxylic acids is 4. The van der Waals surface area contributed by atoms with Crippen LogP contribution in [0.4, 0.5) is 5.69 Å². The van der Waals surface area contributed by atoms with Crippen molar-refractivity contribution in [2.75, 3.05) is 4.90 Å². The van der Waals surface area contributed by atoms with Crippen molar-refractivity contribution in [2.24, 2.45) is 11.8 Å². The monoisotopic (exact) mass is 437 g/mol. The summed E-state index contributed by atoms with van der Waals surface area (Å²) >= 11 is 0. The molecule has 3 aromatic carbocycles. The van der Waals surface area contributed by atoms with Crippen LogP contribution in [0.15, 0.2) is 78.9 Å². The number of ketones is 2. The van der Waals surface area contributed by atoms with Gasteiger partial charge in [-0.3, -0.25) is 19.2 Å². The number of hydrogen-bond acceptors (Lipinski definition) is 5. The lowest BCUT2D eigenvalue weighted by molar-refractivity contribution is -0.127. The molecule has 162 valence electrons. The Bertz CT molecular complexity index is 1330. The Kier molecular flexibility index (Phi) is 4.07. The van der Waals surface area contributed by atoms with E-state index in [2.05, 4.69) is 0 Å². The van der Waals surface area contributed by atoms with Gasteiger partial charge in [-0.1, -0.05) is 66.7 Å². The van der Waals surface area contributed by atoms with Crippen molar-refractivity contribution in [2.45, 2.75) is 18.6 Å². The van der Waals surface area contributed by atoms with E-state index < -0.39 is 46.9 Å². The van der Waals surface area contributed by atoms with E-state index in [1.54, 1.807) is 54.6 Å². The molecule has 6 nitrogen and oxygen atoms in total. The van der Waals surface area contributed by atoms with Gasteiger partial charge in [-0.05, 0) is 30.2 Å². The number of Topliss-reactive ketones (excluding diaryl/α,β-unsaturated/α-hetero) is 2. The number of hydrogen-bond donors (Lipinski definition) is 0. The largest absolute Gasteiger partial charge is 0.349 e. The minimum Gasteiger partial charge on any atom is -0.349 e. The third kappa shape index (κ3) is 2.41. The molecular weight excluding hydrogens is 418 g/mol. The summed E-state index contributed by atoms with van der Waals surface area (Å²) < 4.78 is 6.31. The summed E-state index contributed by atoms with van der Waals surface area (Å²) in [5, 5.41) is 0. The fraction of sp³-hybridized carbons (Fsp3) is 0.185. The van der Waals surface area contributed by atoms with Gasteiger partial charge in [0.15, 0.2) is 0 Å². The second kappa shape index (κ2) is 6.80. The average Bonchev–Trinajstić information content (AvgIpc) is 3.40. The molecule has 0 unspecified atom stereocenters. The zero-order valence-electron chi connectivity index (χ0n) is 17.7. The second-order valence-electron chi connectivity index (χ2n) is 8.69. The number of nitrogens with zero attached hydrogens (tertiary/aromatic N) is 1. The first-order valence-corrected chi connectivity index (χ1v) is 10.8. The molecule has 2 aliphatic heterocycles. The number of anilines is 1. The SMILES string of the molecule is Cc1ccccc1[C@H]1OC2(C(=O)c3ccccc3C2=O)[C@@H]2C(=O)N(c3ccccc3)C(=O)[C@H]12. The van der Waals surface area contributed by atoms with Crippen LogP contribution in [0, 0.1) is 18.8 Å². The lowest BCUT2D eigenvalue weighted by atomic mass is 9.77. The van der Waals surface area contributed by atoms with E-state index in [-0.39, 0.29) is 11.1 Å². The number of para-hydroxylation sites is 1. The van der Waals surface area contributed by atoms with Gasteiger partial charge in [0.25, 0.3) is 0 Å². The summed E-state index contributed by atoms with van der Waals surface area (Å²) in [5.74, 6) is -4.36. The number of aryl methyl sites for hydroxylation is 1. The van der Waals surface area contributed by atoms with Gasteiger partial charge in [0.2, 0.25) is 29.0 Å². The maximum absolute atomic E-state index is 13.8. The van der Waals surface area contributed by atoms with Crippen molar-refractivity contribution in [1.29, 1.82) is 0 Å². The Labute approximate surface area is 189 Å². The number of benzene rings is 3. The molecule has 6 rings (SSSR count). The highest BCUT2D eigenvalue weighted by Crippen LogP contribution is 2.58. The molecule has 33 heavy (non-hydrogen) atoms. The van der Waals surface area contributed by atoms with Crippen LogP contribution in [-0.2, 0) is 14.3 Å². The number of imide groups is 1. The van der Waals surface area contributed by atoms with Crippen molar-refractivity contribution < 1.29 is 23.9 Å². The van der Waals surface area contributed by atoms with E-state index in [4.69, 9.17) is 4.74 Å². The molecule has 2 amide bonds. The van der Waals surface area contributed by atoms with E-state index in [0.29, 0.717) is 11.3 Å². The Morgan fingerprint density at radius 3 is 1.94 bits per heavy atom. The van der Waals surface area contributed by atoms with Crippen molar-refractivity contribution in [3.05, 3.63) is 101 Å². The maximum atomic E-state index is 13.8. The van der Waals surface area contributed by atoms with Crippen molar-refractivity contribution in [3.63, 3.8) is 0 Å². The molecular formula is C27H19NO5. The summed E-state index contributed by atoms with van der Waals surface area (Å²) in [6.45, 7) is 1.88. The zero-order valence-corrected chi connectivity index (χ0v) is 17.7. The summed E-state index contributed by atoms with van der Waals surface area (Å²) in [7, 11) is 0. The summed E-state index contributed by atoms with van der Waals surface area (Å²) in [5.41, 5.74) is 0.368.